The van der Waals surface area contributed by atoms with E-state index in [9.17, 15) is 4.79 Å². The lowest BCUT2D eigenvalue weighted by molar-refractivity contribution is -0.117. The lowest BCUT2D eigenvalue weighted by Crippen LogP contribution is -2.39. The van der Waals surface area contributed by atoms with Gasteiger partial charge in [0.2, 0.25) is 5.91 Å². The first-order chi connectivity index (χ1) is 7.70. The predicted octanol–water partition coefficient (Wildman–Crippen LogP) is 2.22. The monoisotopic (exact) mass is 257 g/mol. The molecule has 0 fully saturated rings. The number of amides is 1. The molecule has 86 valence electrons. The average Bonchev–Trinajstić information content (AvgIpc) is 2.27. The summed E-state index contributed by atoms with van der Waals surface area (Å²) in [6.07, 6.45) is 2.80. The summed E-state index contributed by atoms with van der Waals surface area (Å²) in [4.78, 5) is 15.8. The van der Waals surface area contributed by atoms with Gasteiger partial charge in [-0.2, -0.15) is 11.8 Å². The number of hydrogen-bond donors (Lipinski definition) is 2. The second-order valence-electron chi connectivity index (χ2n) is 3.50. The highest BCUT2D eigenvalue weighted by atomic mass is 35.5. The summed E-state index contributed by atoms with van der Waals surface area (Å²) in [5.41, 5.74) is 0.690. The second kappa shape index (κ2) is 4.93. The van der Waals surface area contributed by atoms with Gasteiger partial charge in [0.05, 0.1) is 5.69 Å². The van der Waals surface area contributed by atoms with Crippen molar-refractivity contribution in [1.29, 1.82) is 0 Å². The SMILES string of the molecule is CSCCC1Nc2nc(Cl)ccc2NC1=O. The first-order valence-corrected chi connectivity index (χ1v) is 6.71. The fraction of sp³-hybridized carbons (Fsp3) is 0.400. The summed E-state index contributed by atoms with van der Waals surface area (Å²) < 4.78 is 0. The van der Waals surface area contributed by atoms with Crippen LogP contribution in [0.2, 0.25) is 5.15 Å². The summed E-state index contributed by atoms with van der Waals surface area (Å²) in [5, 5.41) is 6.34. The van der Waals surface area contributed by atoms with Crippen molar-refractivity contribution in [2.45, 2.75) is 12.5 Å². The molecule has 1 aliphatic heterocycles. The molecule has 0 aliphatic carbocycles. The van der Waals surface area contributed by atoms with Crippen molar-refractivity contribution < 1.29 is 4.79 Å². The van der Waals surface area contributed by atoms with Gasteiger partial charge in [0.1, 0.15) is 11.2 Å². The van der Waals surface area contributed by atoms with Gasteiger partial charge in [-0.15, -0.1) is 0 Å². The van der Waals surface area contributed by atoms with Crippen LogP contribution in [0, 0.1) is 0 Å². The Balaban J connectivity index is 2.16. The molecule has 0 bridgehead atoms. The molecule has 0 spiro atoms. The normalized spacial score (nSPS) is 18.6. The molecular weight excluding hydrogens is 246 g/mol. The van der Waals surface area contributed by atoms with Crippen LogP contribution in [0.15, 0.2) is 12.1 Å². The number of thioether (sulfide) groups is 1. The van der Waals surface area contributed by atoms with Gasteiger partial charge >= 0.3 is 0 Å². The molecule has 1 atom stereocenters. The number of nitrogens with zero attached hydrogens (tertiary/aromatic N) is 1. The number of halogens is 1. The van der Waals surface area contributed by atoms with Gasteiger partial charge in [-0.05, 0) is 30.6 Å². The van der Waals surface area contributed by atoms with E-state index in [1.807, 2.05) is 6.26 Å². The quantitative estimate of drug-likeness (QED) is 0.816. The molecule has 4 nitrogen and oxygen atoms in total. The lowest BCUT2D eigenvalue weighted by Gasteiger charge is -2.25. The number of rotatable bonds is 3. The second-order valence-corrected chi connectivity index (χ2v) is 4.87. The molecule has 0 radical (unpaired) electrons. The Labute approximate surface area is 103 Å². The molecule has 0 aromatic carbocycles. The maximum atomic E-state index is 11.7. The van der Waals surface area contributed by atoms with Crippen LogP contribution in [0.4, 0.5) is 11.5 Å². The summed E-state index contributed by atoms with van der Waals surface area (Å²) in [6.45, 7) is 0. The number of pyridine rings is 1. The van der Waals surface area contributed by atoms with Crippen molar-refractivity contribution in [2.75, 3.05) is 22.6 Å². The van der Waals surface area contributed by atoms with Gasteiger partial charge < -0.3 is 10.6 Å². The number of aromatic nitrogens is 1. The smallest absolute Gasteiger partial charge is 0.247 e. The van der Waals surface area contributed by atoms with Crippen LogP contribution in [0.3, 0.4) is 0 Å². The molecule has 0 saturated carbocycles. The highest BCUT2D eigenvalue weighted by molar-refractivity contribution is 7.98. The fourth-order valence-electron chi connectivity index (χ4n) is 1.54. The van der Waals surface area contributed by atoms with E-state index in [-0.39, 0.29) is 11.9 Å². The predicted molar refractivity (Wildman–Crippen MR) is 68.3 cm³/mol. The van der Waals surface area contributed by atoms with E-state index >= 15 is 0 Å². The molecule has 2 rings (SSSR count). The highest BCUT2D eigenvalue weighted by Crippen LogP contribution is 2.27. The standard InChI is InChI=1S/C10H12ClN3OS/c1-16-5-4-7-10(15)13-6-2-3-8(11)14-9(6)12-7/h2-3,7H,4-5H2,1H3,(H,12,14)(H,13,15). The molecule has 1 unspecified atom stereocenters. The molecule has 16 heavy (non-hydrogen) atoms. The van der Waals surface area contributed by atoms with Gasteiger partial charge in [-0.1, -0.05) is 11.6 Å². The van der Waals surface area contributed by atoms with Gasteiger partial charge in [0.15, 0.2) is 5.82 Å². The Morgan fingerprint density at radius 1 is 1.56 bits per heavy atom. The van der Waals surface area contributed by atoms with Crippen LogP contribution < -0.4 is 10.6 Å². The molecular formula is C10H12ClN3OS. The van der Waals surface area contributed by atoms with Crippen molar-refractivity contribution >= 4 is 40.8 Å². The zero-order valence-corrected chi connectivity index (χ0v) is 10.4. The molecule has 6 heteroatoms. The Hall–Kier alpha value is -0.940. The highest BCUT2D eigenvalue weighted by Gasteiger charge is 2.25. The van der Waals surface area contributed by atoms with E-state index in [1.165, 1.54) is 0 Å². The third-order valence-corrected chi connectivity index (χ3v) is 3.21. The van der Waals surface area contributed by atoms with Crippen LogP contribution in [-0.2, 0) is 4.79 Å². The summed E-state index contributed by atoms with van der Waals surface area (Å²) >= 11 is 7.51. The molecule has 2 N–H and O–H groups in total. The summed E-state index contributed by atoms with van der Waals surface area (Å²) in [5.74, 6) is 1.57. The first kappa shape index (κ1) is 11.5. The van der Waals surface area contributed by atoms with Crippen molar-refractivity contribution in [3.8, 4) is 0 Å². The van der Waals surface area contributed by atoms with Crippen molar-refractivity contribution in [1.82, 2.24) is 4.98 Å². The summed E-state index contributed by atoms with van der Waals surface area (Å²) in [7, 11) is 0. The van der Waals surface area contributed by atoms with Crippen LogP contribution in [-0.4, -0.2) is 28.9 Å². The maximum Gasteiger partial charge on any atom is 0.247 e. The van der Waals surface area contributed by atoms with Gasteiger partial charge in [0, 0.05) is 0 Å². The van der Waals surface area contributed by atoms with E-state index in [1.54, 1.807) is 23.9 Å². The van der Waals surface area contributed by atoms with Crippen LogP contribution in [0.5, 0.6) is 0 Å². The van der Waals surface area contributed by atoms with Gasteiger partial charge in [-0.25, -0.2) is 4.98 Å². The largest absolute Gasteiger partial charge is 0.357 e. The van der Waals surface area contributed by atoms with E-state index in [2.05, 4.69) is 15.6 Å². The zero-order valence-electron chi connectivity index (χ0n) is 8.79. The molecule has 1 aliphatic rings. The molecule has 1 aromatic rings. The third-order valence-electron chi connectivity index (χ3n) is 2.36. The third kappa shape index (κ3) is 2.41. The average molecular weight is 258 g/mol. The number of anilines is 2. The van der Waals surface area contributed by atoms with Crippen molar-refractivity contribution in [3.63, 3.8) is 0 Å². The lowest BCUT2D eigenvalue weighted by atomic mass is 10.1. The molecule has 2 heterocycles. The number of hydrogen-bond acceptors (Lipinski definition) is 4. The fourth-order valence-corrected chi connectivity index (χ4v) is 2.15. The molecule has 0 saturated heterocycles. The van der Waals surface area contributed by atoms with E-state index < -0.39 is 0 Å². The van der Waals surface area contributed by atoms with Crippen LogP contribution in [0.1, 0.15) is 6.42 Å². The number of carbonyl (C=O) groups excluding carboxylic acids is 1. The van der Waals surface area contributed by atoms with E-state index in [0.717, 1.165) is 12.2 Å². The first-order valence-electron chi connectivity index (χ1n) is 4.93. The van der Waals surface area contributed by atoms with Crippen molar-refractivity contribution in [3.05, 3.63) is 17.3 Å². The van der Waals surface area contributed by atoms with Crippen LogP contribution in [0.25, 0.3) is 0 Å². The number of carbonyl (C=O) groups is 1. The minimum atomic E-state index is -0.217. The van der Waals surface area contributed by atoms with Gasteiger partial charge in [-0.3, -0.25) is 4.79 Å². The molecule has 1 amide bonds. The van der Waals surface area contributed by atoms with Crippen LogP contribution >= 0.6 is 23.4 Å². The molecule has 1 aromatic heterocycles. The van der Waals surface area contributed by atoms with Gasteiger partial charge in [0.25, 0.3) is 0 Å². The zero-order chi connectivity index (χ0) is 11.5. The van der Waals surface area contributed by atoms with E-state index in [0.29, 0.717) is 16.7 Å². The Kier molecular flexibility index (Phi) is 3.56. The minimum absolute atomic E-state index is 0.00864. The Morgan fingerprint density at radius 2 is 2.38 bits per heavy atom. The topological polar surface area (TPSA) is 54.0 Å². The number of nitrogens with one attached hydrogen (secondary N) is 2. The van der Waals surface area contributed by atoms with Crippen molar-refractivity contribution in [2.24, 2.45) is 0 Å². The summed E-state index contributed by atoms with van der Waals surface area (Å²) in [6, 6.07) is 3.19. The van der Waals surface area contributed by atoms with E-state index in [4.69, 9.17) is 11.6 Å². The minimum Gasteiger partial charge on any atom is -0.357 e. The maximum absolute atomic E-state index is 11.7. The number of fused-ring (bicyclic) bond motifs is 1. The Bertz CT molecular complexity index is 413. The Morgan fingerprint density at radius 3 is 3.12 bits per heavy atom.